The summed E-state index contributed by atoms with van der Waals surface area (Å²) in [6.07, 6.45) is 0.570. The van der Waals surface area contributed by atoms with Gasteiger partial charge in [0.2, 0.25) is 5.91 Å². The fourth-order valence-corrected chi connectivity index (χ4v) is 1.07. The fourth-order valence-electron chi connectivity index (χ4n) is 0.573. The van der Waals surface area contributed by atoms with Gasteiger partial charge >= 0.3 is 0 Å². The zero-order valence-electron chi connectivity index (χ0n) is 7.14. The predicted molar refractivity (Wildman–Crippen MR) is 49.7 cm³/mol. The first-order chi connectivity index (χ1) is 5.31. The monoisotopic (exact) mass is 176 g/mol. The minimum absolute atomic E-state index is 0.0963. The number of thioether (sulfide) groups is 1. The maximum Gasteiger partial charge on any atom is 0.221 e. The molecule has 2 N–H and O–H groups in total. The van der Waals surface area contributed by atoms with Crippen LogP contribution in [0.4, 0.5) is 0 Å². The Hall–Kier alpha value is -0.220. The molecule has 0 spiro atoms. The largest absolute Gasteiger partial charge is 0.359 e. The van der Waals surface area contributed by atoms with Crippen LogP contribution in [0.3, 0.4) is 0 Å². The first kappa shape index (κ1) is 10.8. The number of amides is 1. The van der Waals surface area contributed by atoms with E-state index in [2.05, 4.69) is 17.6 Å². The van der Waals surface area contributed by atoms with Gasteiger partial charge in [0.15, 0.2) is 0 Å². The molecule has 0 aromatic heterocycles. The summed E-state index contributed by atoms with van der Waals surface area (Å²) in [5.41, 5.74) is 0. The molecular formula is C7H16N2OS. The number of nitrogens with one attached hydrogen (secondary N) is 2. The SMILES string of the molecule is CCSCNCCC(=O)NC. The molecule has 0 aliphatic heterocycles. The van der Waals surface area contributed by atoms with E-state index in [1.54, 1.807) is 7.05 Å². The van der Waals surface area contributed by atoms with Crippen molar-refractivity contribution in [2.45, 2.75) is 13.3 Å². The summed E-state index contributed by atoms with van der Waals surface area (Å²) >= 11 is 1.82. The van der Waals surface area contributed by atoms with Gasteiger partial charge in [-0.15, -0.1) is 11.8 Å². The topological polar surface area (TPSA) is 41.1 Å². The maximum absolute atomic E-state index is 10.7. The van der Waals surface area contributed by atoms with E-state index in [0.29, 0.717) is 6.42 Å². The second-order valence-corrected chi connectivity index (χ2v) is 3.33. The van der Waals surface area contributed by atoms with E-state index in [4.69, 9.17) is 0 Å². The summed E-state index contributed by atoms with van der Waals surface area (Å²) in [5, 5.41) is 5.72. The maximum atomic E-state index is 10.7. The average molecular weight is 176 g/mol. The van der Waals surface area contributed by atoms with Crippen LogP contribution in [0.5, 0.6) is 0 Å². The Balaban J connectivity index is 2.95. The molecule has 0 aromatic rings. The van der Waals surface area contributed by atoms with E-state index in [9.17, 15) is 4.79 Å². The van der Waals surface area contributed by atoms with Crippen LogP contribution < -0.4 is 10.6 Å². The zero-order valence-corrected chi connectivity index (χ0v) is 7.96. The highest BCUT2D eigenvalue weighted by atomic mass is 32.2. The Morgan fingerprint density at radius 2 is 2.27 bits per heavy atom. The van der Waals surface area contributed by atoms with Gasteiger partial charge in [-0.25, -0.2) is 0 Å². The van der Waals surface area contributed by atoms with Crippen molar-refractivity contribution in [3.8, 4) is 0 Å². The molecule has 0 unspecified atom stereocenters. The van der Waals surface area contributed by atoms with Crippen molar-refractivity contribution < 1.29 is 4.79 Å². The van der Waals surface area contributed by atoms with Gasteiger partial charge < -0.3 is 10.6 Å². The average Bonchev–Trinajstić information content (AvgIpc) is 2.04. The van der Waals surface area contributed by atoms with Gasteiger partial charge in [-0.1, -0.05) is 6.92 Å². The van der Waals surface area contributed by atoms with Crippen LogP contribution in [0.15, 0.2) is 0 Å². The Kier molecular flexibility index (Phi) is 7.72. The second kappa shape index (κ2) is 7.88. The number of carbonyl (C=O) groups is 1. The van der Waals surface area contributed by atoms with Crippen molar-refractivity contribution >= 4 is 17.7 Å². The summed E-state index contributed by atoms with van der Waals surface area (Å²) in [6.45, 7) is 2.89. The van der Waals surface area contributed by atoms with Crippen LogP contribution in [0.1, 0.15) is 13.3 Å². The number of carbonyl (C=O) groups excluding carboxylic acids is 1. The number of hydrogen-bond acceptors (Lipinski definition) is 3. The third-order valence-electron chi connectivity index (χ3n) is 1.22. The molecule has 3 nitrogen and oxygen atoms in total. The summed E-state index contributed by atoms with van der Waals surface area (Å²) in [5.74, 6) is 2.15. The highest BCUT2D eigenvalue weighted by Gasteiger charge is 1.94. The summed E-state index contributed by atoms with van der Waals surface area (Å²) in [6, 6.07) is 0. The summed E-state index contributed by atoms with van der Waals surface area (Å²) in [4.78, 5) is 10.7. The van der Waals surface area contributed by atoms with Crippen LogP contribution in [-0.4, -0.2) is 31.1 Å². The van der Waals surface area contributed by atoms with Gasteiger partial charge in [0.1, 0.15) is 0 Å². The van der Waals surface area contributed by atoms with Gasteiger partial charge in [0, 0.05) is 25.9 Å². The molecule has 0 saturated heterocycles. The smallest absolute Gasteiger partial charge is 0.221 e. The molecule has 0 rings (SSSR count). The molecule has 1 amide bonds. The minimum Gasteiger partial charge on any atom is -0.359 e. The molecule has 0 atom stereocenters. The highest BCUT2D eigenvalue weighted by molar-refractivity contribution is 7.99. The minimum atomic E-state index is 0.0963. The lowest BCUT2D eigenvalue weighted by molar-refractivity contribution is -0.120. The number of hydrogen-bond donors (Lipinski definition) is 2. The van der Waals surface area contributed by atoms with Crippen LogP contribution in [0.25, 0.3) is 0 Å². The molecule has 0 heterocycles. The highest BCUT2D eigenvalue weighted by Crippen LogP contribution is 1.93. The van der Waals surface area contributed by atoms with Crippen molar-refractivity contribution in [3.05, 3.63) is 0 Å². The van der Waals surface area contributed by atoms with Crippen LogP contribution >= 0.6 is 11.8 Å². The van der Waals surface area contributed by atoms with E-state index in [-0.39, 0.29) is 5.91 Å². The quantitative estimate of drug-likeness (QED) is 0.455. The first-order valence-electron chi connectivity index (χ1n) is 3.80. The summed E-state index contributed by atoms with van der Waals surface area (Å²) < 4.78 is 0. The van der Waals surface area contributed by atoms with Crippen LogP contribution in [-0.2, 0) is 4.79 Å². The Bertz CT molecular complexity index is 109. The fraction of sp³-hybridized carbons (Fsp3) is 0.857. The van der Waals surface area contributed by atoms with E-state index in [1.807, 2.05) is 11.8 Å². The molecule has 0 bridgehead atoms. The van der Waals surface area contributed by atoms with E-state index in [1.165, 1.54) is 0 Å². The molecule has 0 aliphatic rings. The lowest BCUT2D eigenvalue weighted by atomic mass is 10.4. The predicted octanol–water partition coefficient (Wildman–Crippen LogP) is 0.423. The second-order valence-electron chi connectivity index (χ2n) is 2.06. The first-order valence-corrected chi connectivity index (χ1v) is 4.95. The summed E-state index contributed by atoms with van der Waals surface area (Å²) in [7, 11) is 1.66. The molecule has 0 aromatic carbocycles. The lowest BCUT2D eigenvalue weighted by Crippen LogP contribution is -2.24. The third-order valence-corrected chi connectivity index (χ3v) is 2.03. The van der Waals surface area contributed by atoms with Gasteiger partial charge in [0.05, 0.1) is 0 Å². The molecular weight excluding hydrogens is 160 g/mol. The number of rotatable bonds is 6. The Morgan fingerprint density at radius 1 is 1.55 bits per heavy atom. The Morgan fingerprint density at radius 3 is 2.82 bits per heavy atom. The standard InChI is InChI=1S/C7H16N2OS/c1-3-11-6-9-5-4-7(10)8-2/h9H,3-6H2,1-2H3,(H,8,10). The van der Waals surface area contributed by atoms with Crippen molar-refractivity contribution in [2.75, 3.05) is 25.2 Å². The van der Waals surface area contributed by atoms with Crippen molar-refractivity contribution in [1.82, 2.24) is 10.6 Å². The molecule has 11 heavy (non-hydrogen) atoms. The van der Waals surface area contributed by atoms with Gasteiger partial charge in [-0.3, -0.25) is 4.79 Å². The molecule has 0 radical (unpaired) electrons. The molecule has 4 heteroatoms. The van der Waals surface area contributed by atoms with Crippen molar-refractivity contribution in [1.29, 1.82) is 0 Å². The van der Waals surface area contributed by atoms with E-state index < -0.39 is 0 Å². The van der Waals surface area contributed by atoms with Gasteiger partial charge in [-0.2, -0.15) is 0 Å². The third kappa shape index (κ3) is 7.68. The van der Waals surface area contributed by atoms with Gasteiger partial charge in [-0.05, 0) is 5.75 Å². The Labute approximate surface area is 72.3 Å². The van der Waals surface area contributed by atoms with Gasteiger partial charge in [0.25, 0.3) is 0 Å². The molecule has 0 fully saturated rings. The van der Waals surface area contributed by atoms with E-state index in [0.717, 1.165) is 18.2 Å². The van der Waals surface area contributed by atoms with Crippen molar-refractivity contribution in [2.24, 2.45) is 0 Å². The molecule has 0 aliphatic carbocycles. The van der Waals surface area contributed by atoms with E-state index >= 15 is 0 Å². The zero-order chi connectivity index (χ0) is 8.53. The normalized spacial score (nSPS) is 9.64. The van der Waals surface area contributed by atoms with Crippen LogP contribution in [0, 0.1) is 0 Å². The van der Waals surface area contributed by atoms with Crippen LogP contribution in [0.2, 0.25) is 0 Å². The molecule has 0 saturated carbocycles. The van der Waals surface area contributed by atoms with Crippen molar-refractivity contribution in [3.63, 3.8) is 0 Å². The lowest BCUT2D eigenvalue weighted by Gasteiger charge is -2.01. The molecule has 66 valence electrons.